The molecule has 2 heterocycles. The van der Waals surface area contributed by atoms with Crippen molar-refractivity contribution in [3.8, 4) is 0 Å². The maximum absolute atomic E-state index is 13.1. The summed E-state index contributed by atoms with van der Waals surface area (Å²) in [5.74, 6) is -1.62. The molecule has 1 fully saturated rings. The first-order valence-electron chi connectivity index (χ1n) is 5.09. The second kappa shape index (κ2) is 4.48. The summed E-state index contributed by atoms with van der Waals surface area (Å²) >= 11 is 0. The molecule has 1 saturated heterocycles. The molecule has 1 unspecified atom stereocenters. The first-order chi connectivity index (χ1) is 8.08. The minimum atomic E-state index is -1.28. The van der Waals surface area contributed by atoms with Crippen molar-refractivity contribution in [1.82, 2.24) is 20.3 Å². The molecule has 1 aliphatic rings. The molecule has 1 aliphatic heterocycles. The van der Waals surface area contributed by atoms with Crippen LogP contribution in [0.25, 0.3) is 0 Å². The van der Waals surface area contributed by atoms with Gasteiger partial charge in [0.15, 0.2) is 0 Å². The maximum Gasteiger partial charge on any atom is 0.326 e. The Morgan fingerprint density at radius 3 is 3.00 bits per heavy atom. The number of aromatic amines is 1. The van der Waals surface area contributed by atoms with E-state index in [9.17, 15) is 14.0 Å². The van der Waals surface area contributed by atoms with Gasteiger partial charge in [-0.15, -0.1) is 5.10 Å². The molecule has 2 atom stereocenters. The van der Waals surface area contributed by atoms with E-state index in [4.69, 9.17) is 5.11 Å². The Bertz CT molecular complexity index is 422. The summed E-state index contributed by atoms with van der Waals surface area (Å²) in [6, 6.07) is -1.08. The van der Waals surface area contributed by atoms with Crippen molar-refractivity contribution < 1.29 is 19.1 Å². The summed E-state index contributed by atoms with van der Waals surface area (Å²) in [5, 5.41) is 18.3. The fourth-order valence-electron chi connectivity index (χ4n) is 1.86. The van der Waals surface area contributed by atoms with Gasteiger partial charge in [0.05, 0.1) is 24.9 Å². The van der Waals surface area contributed by atoms with Gasteiger partial charge in [-0.25, -0.2) is 9.18 Å². The molecule has 7 nitrogen and oxygen atoms in total. The largest absolute Gasteiger partial charge is 0.480 e. The smallest absolute Gasteiger partial charge is 0.326 e. The number of aliphatic carboxylic acids is 1. The monoisotopic (exact) mass is 242 g/mol. The predicted octanol–water partition coefficient (Wildman–Crippen LogP) is -0.629. The quantitative estimate of drug-likeness (QED) is 0.735. The number of H-pyrrole nitrogens is 1. The van der Waals surface area contributed by atoms with Crippen LogP contribution in [0.3, 0.4) is 0 Å². The molecular weight excluding hydrogens is 231 g/mol. The van der Waals surface area contributed by atoms with E-state index in [-0.39, 0.29) is 19.4 Å². The summed E-state index contributed by atoms with van der Waals surface area (Å²) < 4.78 is 13.1. The first kappa shape index (κ1) is 11.5. The van der Waals surface area contributed by atoms with E-state index in [1.165, 1.54) is 6.20 Å². The highest BCUT2D eigenvalue weighted by molar-refractivity contribution is 5.85. The fraction of sp³-hybridized carbons (Fsp3) is 0.556. The van der Waals surface area contributed by atoms with Crippen molar-refractivity contribution in [2.75, 3.05) is 6.54 Å². The topological polar surface area (TPSA) is 99.2 Å². The fourth-order valence-corrected chi connectivity index (χ4v) is 1.86. The lowest BCUT2D eigenvalue weighted by Gasteiger charge is -2.20. The Morgan fingerprint density at radius 2 is 2.41 bits per heavy atom. The highest BCUT2D eigenvalue weighted by Crippen LogP contribution is 2.21. The molecule has 0 radical (unpaired) electrons. The van der Waals surface area contributed by atoms with Crippen LogP contribution in [-0.2, 0) is 16.0 Å². The van der Waals surface area contributed by atoms with Gasteiger partial charge in [-0.2, -0.15) is 0 Å². The van der Waals surface area contributed by atoms with Crippen LogP contribution in [0.15, 0.2) is 6.20 Å². The molecule has 0 bridgehead atoms. The first-order valence-corrected chi connectivity index (χ1v) is 5.09. The standard InChI is InChI=1S/C9H11FN4O3/c10-5-1-7(9(16)17)14(4-5)8(15)2-6-3-11-13-12-6/h3,5,7H,1-2,4H2,(H,16,17)(H,11,12,13)/t5?,7-/m1/s1. The van der Waals surface area contributed by atoms with Gasteiger partial charge in [-0.05, 0) is 0 Å². The second-order valence-electron chi connectivity index (χ2n) is 3.89. The lowest BCUT2D eigenvalue weighted by atomic mass is 10.2. The predicted molar refractivity (Wildman–Crippen MR) is 52.7 cm³/mol. The Morgan fingerprint density at radius 1 is 1.65 bits per heavy atom. The van der Waals surface area contributed by atoms with Gasteiger partial charge >= 0.3 is 5.97 Å². The number of carbonyl (C=O) groups excluding carboxylic acids is 1. The molecule has 8 heteroatoms. The Kier molecular flexibility index (Phi) is 3.03. The number of aromatic nitrogens is 3. The number of nitrogens with one attached hydrogen (secondary N) is 1. The van der Waals surface area contributed by atoms with Crippen molar-refractivity contribution in [1.29, 1.82) is 0 Å². The molecule has 0 saturated carbocycles. The number of hydrogen-bond donors (Lipinski definition) is 2. The summed E-state index contributed by atoms with van der Waals surface area (Å²) in [5.41, 5.74) is 0.474. The average Bonchev–Trinajstić information content (AvgIpc) is 2.86. The number of hydrogen-bond acceptors (Lipinski definition) is 4. The summed E-state index contributed by atoms with van der Waals surface area (Å²) in [4.78, 5) is 23.7. The van der Waals surface area contributed by atoms with E-state index in [0.29, 0.717) is 5.69 Å². The molecule has 1 amide bonds. The molecule has 0 spiro atoms. The van der Waals surface area contributed by atoms with E-state index >= 15 is 0 Å². The molecule has 2 N–H and O–H groups in total. The number of alkyl halides is 1. The number of carboxylic acids is 1. The van der Waals surface area contributed by atoms with E-state index in [0.717, 1.165) is 4.90 Å². The van der Waals surface area contributed by atoms with Crippen molar-refractivity contribution in [2.45, 2.75) is 25.1 Å². The molecule has 0 aliphatic carbocycles. The van der Waals surface area contributed by atoms with Gasteiger partial charge in [-0.1, -0.05) is 5.21 Å². The summed E-state index contributed by atoms with van der Waals surface area (Å²) in [6.45, 7) is -0.169. The molecule has 92 valence electrons. The van der Waals surface area contributed by atoms with Crippen LogP contribution in [0, 0.1) is 0 Å². The van der Waals surface area contributed by atoms with Gasteiger partial charge in [0, 0.05) is 6.42 Å². The normalized spacial score (nSPS) is 23.9. The zero-order valence-corrected chi connectivity index (χ0v) is 8.84. The minimum Gasteiger partial charge on any atom is -0.480 e. The third-order valence-electron chi connectivity index (χ3n) is 2.66. The van der Waals surface area contributed by atoms with Gasteiger partial charge in [-0.3, -0.25) is 9.89 Å². The van der Waals surface area contributed by atoms with Crippen LogP contribution in [0.2, 0.25) is 0 Å². The van der Waals surface area contributed by atoms with E-state index in [1.54, 1.807) is 0 Å². The number of carboxylic acid groups (broad SMARTS) is 1. The van der Waals surface area contributed by atoms with Crippen LogP contribution in [0.5, 0.6) is 0 Å². The van der Waals surface area contributed by atoms with E-state index < -0.39 is 24.1 Å². The van der Waals surface area contributed by atoms with Crippen molar-refractivity contribution in [3.63, 3.8) is 0 Å². The average molecular weight is 242 g/mol. The Balaban J connectivity index is 2.05. The summed E-state index contributed by atoms with van der Waals surface area (Å²) in [6.07, 6.45) is -0.109. The SMILES string of the molecule is O=C(O)[C@H]1CC(F)CN1C(=O)Cc1cnn[nH]1. The van der Waals surface area contributed by atoms with Gasteiger partial charge in [0.1, 0.15) is 12.2 Å². The Labute approximate surface area is 95.6 Å². The molecule has 2 rings (SSSR count). The molecule has 1 aromatic rings. The highest BCUT2D eigenvalue weighted by atomic mass is 19.1. The number of rotatable bonds is 3. The number of carbonyl (C=O) groups is 2. The molecule has 17 heavy (non-hydrogen) atoms. The minimum absolute atomic E-state index is 0.0521. The third-order valence-corrected chi connectivity index (χ3v) is 2.66. The van der Waals surface area contributed by atoms with Crippen LogP contribution >= 0.6 is 0 Å². The van der Waals surface area contributed by atoms with Crippen LogP contribution in [0.1, 0.15) is 12.1 Å². The zero-order chi connectivity index (χ0) is 12.4. The highest BCUT2D eigenvalue weighted by Gasteiger charge is 2.39. The Hall–Kier alpha value is -1.99. The lowest BCUT2D eigenvalue weighted by molar-refractivity contribution is -0.148. The lowest BCUT2D eigenvalue weighted by Crippen LogP contribution is -2.41. The van der Waals surface area contributed by atoms with Crippen molar-refractivity contribution >= 4 is 11.9 Å². The zero-order valence-electron chi connectivity index (χ0n) is 8.84. The number of halogens is 1. The van der Waals surface area contributed by atoms with Crippen molar-refractivity contribution in [3.05, 3.63) is 11.9 Å². The number of amides is 1. The summed E-state index contributed by atoms with van der Waals surface area (Å²) in [7, 11) is 0. The van der Waals surface area contributed by atoms with Gasteiger partial charge < -0.3 is 10.0 Å². The number of likely N-dealkylation sites (tertiary alicyclic amines) is 1. The van der Waals surface area contributed by atoms with Crippen LogP contribution in [-0.4, -0.2) is 56.1 Å². The van der Waals surface area contributed by atoms with Gasteiger partial charge in [0.25, 0.3) is 0 Å². The van der Waals surface area contributed by atoms with E-state index in [2.05, 4.69) is 15.4 Å². The molecule has 1 aromatic heterocycles. The van der Waals surface area contributed by atoms with Crippen LogP contribution in [0.4, 0.5) is 4.39 Å². The third kappa shape index (κ3) is 2.40. The second-order valence-corrected chi connectivity index (χ2v) is 3.89. The number of nitrogens with zero attached hydrogens (tertiary/aromatic N) is 3. The van der Waals surface area contributed by atoms with Gasteiger partial charge in [0.2, 0.25) is 5.91 Å². The van der Waals surface area contributed by atoms with Crippen molar-refractivity contribution in [2.24, 2.45) is 0 Å². The van der Waals surface area contributed by atoms with E-state index in [1.807, 2.05) is 0 Å². The van der Waals surface area contributed by atoms with Crippen LogP contribution < -0.4 is 0 Å². The maximum atomic E-state index is 13.1. The molecular formula is C9H11FN4O3. The molecule has 0 aromatic carbocycles.